The Balaban J connectivity index is 2.71. The van der Waals surface area contributed by atoms with Crippen LogP contribution in [-0.4, -0.2) is 48.0 Å². The topological polar surface area (TPSA) is 103 Å². The highest BCUT2D eigenvalue weighted by Gasteiger charge is 2.13. The quantitative estimate of drug-likeness (QED) is 0.552. The maximum absolute atomic E-state index is 9.39. The average molecular weight is 284 g/mol. The van der Waals surface area contributed by atoms with E-state index in [1.807, 2.05) is 0 Å². The van der Waals surface area contributed by atoms with Gasteiger partial charge in [0.2, 0.25) is 5.95 Å². The van der Waals surface area contributed by atoms with Crippen molar-refractivity contribution in [3.8, 4) is 5.75 Å². The number of aliphatic hydroxyl groups excluding tert-OH is 1. The molecule has 0 amide bonds. The summed E-state index contributed by atoms with van der Waals surface area (Å²) in [5, 5.41) is 12.5. The first-order valence-corrected chi connectivity index (χ1v) is 6.82. The highest BCUT2D eigenvalue weighted by atomic mass is 16.5. The Morgan fingerprint density at radius 1 is 1.45 bits per heavy atom. The number of rotatable bonds is 10. The molecule has 1 aromatic rings. The van der Waals surface area contributed by atoms with Crippen LogP contribution in [-0.2, 0) is 4.74 Å². The lowest BCUT2D eigenvalue weighted by Gasteiger charge is -2.18. The van der Waals surface area contributed by atoms with Crippen LogP contribution in [0.15, 0.2) is 6.20 Å². The minimum Gasteiger partial charge on any atom is -0.486 e. The second kappa shape index (κ2) is 9.33. The zero-order valence-electron chi connectivity index (χ0n) is 12.1. The smallest absolute Gasteiger partial charge is 0.222 e. The number of aliphatic hydroxyl groups is 1. The number of hydrogen-bond acceptors (Lipinski definition) is 7. The molecule has 0 spiro atoms. The predicted octanol–water partition coefficient (Wildman–Crippen LogP) is 1.05. The van der Waals surface area contributed by atoms with Crippen LogP contribution in [0.4, 0.5) is 11.8 Å². The second-order valence-electron chi connectivity index (χ2n) is 4.45. The molecule has 0 bridgehead atoms. The summed E-state index contributed by atoms with van der Waals surface area (Å²) in [7, 11) is 1.61. The Morgan fingerprint density at radius 3 is 2.90 bits per heavy atom. The summed E-state index contributed by atoms with van der Waals surface area (Å²) in [5.41, 5.74) is 5.59. The monoisotopic (exact) mass is 284 g/mol. The Bertz CT molecular complexity index is 390. The van der Waals surface area contributed by atoms with Crippen molar-refractivity contribution < 1.29 is 14.6 Å². The molecule has 0 aliphatic rings. The molecular formula is C13H24N4O3. The molecule has 0 aliphatic carbocycles. The lowest BCUT2D eigenvalue weighted by Crippen LogP contribution is -2.25. The van der Waals surface area contributed by atoms with Crippen molar-refractivity contribution in [1.82, 2.24) is 9.97 Å². The van der Waals surface area contributed by atoms with Crippen LogP contribution < -0.4 is 15.8 Å². The number of nitrogens with zero attached hydrogens (tertiary/aromatic N) is 2. The van der Waals surface area contributed by atoms with Gasteiger partial charge in [-0.2, -0.15) is 4.98 Å². The second-order valence-corrected chi connectivity index (χ2v) is 4.45. The highest BCUT2D eigenvalue weighted by molar-refractivity contribution is 5.51. The van der Waals surface area contributed by atoms with Crippen LogP contribution in [0, 0.1) is 0 Å². The zero-order valence-corrected chi connectivity index (χ0v) is 12.1. The van der Waals surface area contributed by atoms with Gasteiger partial charge in [0.25, 0.3) is 0 Å². The maximum Gasteiger partial charge on any atom is 0.222 e. The van der Waals surface area contributed by atoms with Crippen molar-refractivity contribution in [2.75, 3.05) is 38.0 Å². The van der Waals surface area contributed by atoms with Crippen LogP contribution in [0.2, 0.25) is 0 Å². The molecule has 0 aliphatic heterocycles. The summed E-state index contributed by atoms with van der Waals surface area (Å²) >= 11 is 0. The summed E-state index contributed by atoms with van der Waals surface area (Å²) in [6, 6.07) is -0.0750. The third-order valence-corrected chi connectivity index (χ3v) is 2.79. The number of nitrogen functional groups attached to an aromatic ring is 1. The van der Waals surface area contributed by atoms with Gasteiger partial charge in [0.05, 0.1) is 25.5 Å². The number of unbranched alkanes of at least 4 members (excludes halogenated alkanes) is 1. The van der Waals surface area contributed by atoms with E-state index < -0.39 is 0 Å². The number of ether oxygens (including phenoxy) is 2. The Morgan fingerprint density at radius 2 is 2.25 bits per heavy atom. The molecule has 0 radical (unpaired) electrons. The van der Waals surface area contributed by atoms with E-state index in [2.05, 4.69) is 22.2 Å². The Hall–Kier alpha value is -1.60. The third kappa shape index (κ3) is 5.58. The minimum atomic E-state index is -0.0750. The number of anilines is 2. The van der Waals surface area contributed by atoms with Crippen LogP contribution in [0.5, 0.6) is 5.75 Å². The van der Waals surface area contributed by atoms with E-state index in [0.29, 0.717) is 24.8 Å². The zero-order chi connectivity index (χ0) is 14.8. The van der Waals surface area contributed by atoms with Gasteiger partial charge < -0.3 is 25.6 Å². The van der Waals surface area contributed by atoms with Crippen molar-refractivity contribution in [2.45, 2.75) is 32.2 Å². The number of methoxy groups -OCH3 is 1. The van der Waals surface area contributed by atoms with Crippen molar-refractivity contribution in [3.05, 3.63) is 6.20 Å². The largest absolute Gasteiger partial charge is 0.486 e. The fraction of sp³-hybridized carbons (Fsp3) is 0.692. The molecule has 1 atom stereocenters. The fourth-order valence-electron chi connectivity index (χ4n) is 1.68. The number of nitrogens with two attached hydrogens (primary N) is 1. The van der Waals surface area contributed by atoms with Gasteiger partial charge in [-0.3, -0.25) is 0 Å². The molecule has 0 fully saturated rings. The number of aromatic nitrogens is 2. The fourth-order valence-corrected chi connectivity index (χ4v) is 1.68. The lowest BCUT2D eigenvalue weighted by molar-refractivity contribution is 0.146. The van der Waals surface area contributed by atoms with E-state index in [-0.39, 0.29) is 18.6 Å². The van der Waals surface area contributed by atoms with E-state index >= 15 is 0 Å². The standard InChI is InChI=1S/C13H24N4O3/c1-3-4-5-10(9-18)16-12-11(20-7-6-19-2)8-15-13(14)17-12/h8,10,18H,3-7,9H2,1-2H3,(H3,14,15,16,17)/t10-/m0/s1. The molecule has 20 heavy (non-hydrogen) atoms. The van der Waals surface area contributed by atoms with Crippen molar-refractivity contribution in [1.29, 1.82) is 0 Å². The van der Waals surface area contributed by atoms with Gasteiger partial charge in [-0.25, -0.2) is 4.98 Å². The first-order valence-electron chi connectivity index (χ1n) is 6.82. The van der Waals surface area contributed by atoms with Crippen molar-refractivity contribution in [2.24, 2.45) is 0 Å². The Labute approximate surface area is 119 Å². The molecule has 0 saturated heterocycles. The van der Waals surface area contributed by atoms with E-state index in [1.54, 1.807) is 7.11 Å². The molecule has 1 heterocycles. The lowest BCUT2D eigenvalue weighted by atomic mass is 10.1. The number of nitrogens with one attached hydrogen (secondary N) is 1. The Kier molecular flexibility index (Phi) is 7.67. The molecule has 1 aromatic heterocycles. The summed E-state index contributed by atoms with van der Waals surface area (Å²) in [6.45, 7) is 3.01. The van der Waals surface area contributed by atoms with Crippen LogP contribution in [0.25, 0.3) is 0 Å². The first kappa shape index (κ1) is 16.5. The maximum atomic E-state index is 9.39. The molecule has 1 rings (SSSR count). The van der Waals surface area contributed by atoms with Crippen molar-refractivity contribution >= 4 is 11.8 Å². The first-order chi connectivity index (χ1) is 9.71. The normalized spacial score (nSPS) is 12.2. The molecular weight excluding hydrogens is 260 g/mol. The average Bonchev–Trinajstić information content (AvgIpc) is 2.45. The van der Waals surface area contributed by atoms with E-state index in [9.17, 15) is 5.11 Å². The van der Waals surface area contributed by atoms with Crippen LogP contribution in [0.3, 0.4) is 0 Å². The molecule has 4 N–H and O–H groups in total. The minimum absolute atomic E-state index is 0.0292. The van der Waals surface area contributed by atoms with Gasteiger partial charge in [0.1, 0.15) is 6.61 Å². The predicted molar refractivity (Wildman–Crippen MR) is 77.8 cm³/mol. The van der Waals surface area contributed by atoms with Gasteiger partial charge in [-0.15, -0.1) is 0 Å². The van der Waals surface area contributed by atoms with Gasteiger partial charge >= 0.3 is 0 Å². The summed E-state index contributed by atoms with van der Waals surface area (Å²) in [6.07, 6.45) is 4.48. The van der Waals surface area contributed by atoms with Crippen LogP contribution in [0.1, 0.15) is 26.2 Å². The molecule has 0 aromatic carbocycles. The number of hydrogen-bond donors (Lipinski definition) is 3. The van der Waals surface area contributed by atoms with Gasteiger partial charge in [0.15, 0.2) is 11.6 Å². The van der Waals surface area contributed by atoms with E-state index in [1.165, 1.54) is 6.20 Å². The third-order valence-electron chi connectivity index (χ3n) is 2.79. The van der Waals surface area contributed by atoms with Gasteiger partial charge in [-0.1, -0.05) is 19.8 Å². The molecule has 0 unspecified atom stereocenters. The van der Waals surface area contributed by atoms with Gasteiger partial charge in [0, 0.05) is 7.11 Å². The van der Waals surface area contributed by atoms with E-state index in [4.69, 9.17) is 15.2 Å². The summed E-state index contributed by atoms with van der Waals surface area (Å²) < 4.78 is 10.5. The highest BCUT2D eigenvalue weighted by Crippen LogP contribution is 2.23. The van der Waals surface area contributed by atoms with Crippen molar-refractivity contribution in [3.63, 3.8) is 0 Å². The summed E-state index contributed by atoms with van der Waals surface area (Å²) in [5.74, 6) is 1.17. The van der Waals surface area contributed by atoms with Crippen LogP contribution >= 0.6 is 0 Å². The SMILES string of the molecule is CCCC[C@@H](CO)Nc1nc(N)ncc1OCCOC. The molecule has 114 valence electrons. The van der Waals surface area contributed by atoms with E-state index in [0.717, 1.165) is 19.3 Å². The molecule has 7 nitrogen and oxygen atoms in total. The molecule has 7 heteroatoms. The van der Waals surface area contributed by atoms with Gasteiger partial charge in [-0.05, 0) is 6.42 Å². The molecule has 0 saturated carbocycles. The summed E-state index contributed by atoms with van der Waals surface area (Å²) in [4.78, 5) is 8.04.